The number of aliphatic hydroxyl groups excluding tert-OH is 2. The van der Waals surface area contributed by atoms with E-state index in [-0.39, 0.29) is 17.8 Å². The van der Waals surface area contributed by atoms with Crippen LogP contribution in [0.3, 0.4) is 0 Å². The van der Waals surface area contributed by atoms with Crippen LogP contribution in [-0.4, -0.2) is 33.8 Å². The summed E-state index contributed by atoms with van der Waals surface area (Å²) in [6.07, 6.45) is 3.26. The first-order chi connectivity index (χ1) is 9.56. The Labute approximate surface area is 117 Å². The number of nitrogens with zero attached hydrogens (tertiary/aromatic N) is 1. The molecule has 1 aromatic rings. The van der Waals surface area contributed by atoms with Crippen molar-refractivity contribution >= 4 is 5.69 Å². The fourth-order valence-corrected chi connectivity index (χ4v) is 2.69. The summed E-state index contributed by atoms with van der Waals surface area (Å²) in [5.41, 5.74) is 0.368. The molecule has 20 heavy (non-hydrogen) atoms. The molecule has 0 aliphatic heterocycles. The summed E-state index contributed by atoms with van der Waals surface area (Å²) < 4.78 is 0. The molecule has 6 heteroatoms. The van der Waals surface area contributed by atoms with Gasteiger partial charge in [0.2, 0.25) is 0 Å². The highest BCUT2D eigenvalue weighted by molar-refractivity contribution is 5.33. The summed E-state index contributed by atoms with van der Waals surface area (Å²) in [7, 11) is 0. The van der Waals surface area contributed by atoms with Crippen LogP contribution in [0.1, 0.15) is 37.4 Å². The summed E-state index contributed by atoms with van der Waals surface area (Å²) in [5, 5.41) is 33.4. The van der Waals surface area contributed by atoms with Gasteiger partial charge in [-0.15, -0.1) is 0 Å². The second kappa shape index (κ2) is 6.30. The van der Waals surface area contributed by atoms with Crippen molar-refractivity contribution in [2.24, 2.45) is 0 Å². The summed E-state index contributed by atoms with van der Waals surface area (Å²) in [6.45, 7) is 0.401. The van der Waals surface area contributed by atoms with Gasteiger partial charge in [0.15, 0.2) is 0 Å². The topological polar surface area (TPSA) is 95.6 Å². The van der Waals surface area contributed by atoms with Crippen molar-refractivity contribution in [2.75, 3.05) is 13.2 Å². The van der Waals surface area contributed by atoms with Crippen molar-refractivity contribution < 1.29 is 15.1 Å². The van der Waals surface area contributed by atoms with Gasteiger partial charge in [-0.05, 0) is 30.5 Å². The van der Waals surface area contributed by atoms with Gasteiger partial charge in [-0.2, -0.15) is 0 Å². The van der Waals surface area contributed by atoms with Gasteiger partial charge in [0.25, 0.3) is 5.69 Å². The molecule has 0 radical (unpaired) electrons. The molecule has 1 unspecified atom stereocenters. The zero-order valence-electron chi connectivity index (χ0n) is 11.3. The van der Waals surface area contributed by atoms with E-state index in [0.29, 0.717) is 12.1 Å². The number of nitro groups is 1. The first-order valence-electron chi connectivity index (χ1n) is 6.85. The number of benzene rings is 1. The lowest BCUT2D eigenvalue weighted by Gasteiger charge is -2.29. The minimum atomic E-state index is -0.736. The van der Waals surface area contributed by atoms with Crippen LogP contribution in [0.15, 0.2) is 24.3 Å². The summed E-state index contributed by atoms with van der Waals surface area (Å²) in [6, 6.07) is 5.89. The fourth-order valence-electron chi connectivity index (χ4n) is 2.69. The molecule has 1 fully saturated rings. The second-order valence-electron chi connectivity index (χ2n) is 5.39. The third-order valence-corrected chi connectivity index (χ3v) is 4.02. The van der Waals surface area contributed by atoms with Crippen molar-refractivity contribution in [3.8, 4) is 0 Å². The molecular weight excluding hydrogens is 260 g/mol. The van der Waals surface area contributed by atoms with Crippen molar-refractivity contribution in [2.45, 2.75) is 37.3 Å². The zero-order chi connectivity index (χ0) is 14.6. The molecule has 1 aliphatic rings. The molecule has 2 rings (SSSR count). The molecule has 0 bridgehead atoms. The molecule has 1 aromatic carbocycles. The highest BCUT2D eigenvalue weighted by Crippen LogP contribution is 2.29. The second-order valence-corrected chi connectivity index (χ2v) is 5.39. The Morgan fingerprint density at radius 2 is 1.90 bits per heavy atom. The van der Waals surface area contributed by atoms with Gasteiger partial charge in [-0.1, -0.05) is 12.8 Å². The maximum absolute atomic E-state index is 10.6. The third-order valence-electron chi connectivity index (χ3n) is 4.02. The first kappa shape index (κ1) is 14.9. The highest BCUT2D eigenvalue weighted by atomic mass is 16.6. The lowest BCUT2D eigenvalue weighted by molar-refractivity contribution is -0.384. The van der Waals surface area contributed by atoms with E-state index in [1.54, 1.807) is 12.1 Å². The van der Waals surface area contributed by atoms with E-state index in [0.717, 1.165) is 25.7 Å². The van der Waals surface area contributed by atoms with Crippen LogP contribution in [0.25, 0.3) is 0 Å². The molecule has 0 heterocycles. The Bertz CT molecular complexity index is 455. The number of nitrogens with one attached hydrogen (secondary N) is 1. The van der Waals surface area contributed by atoms with Crippen molar-refractivity contribution in [1.29, 1.82) is 0 Å². The van der Waals surface area contributed by atoms with E-state index in [2.05, 4.69) is 5.32 Å². The molecule has 1 atom stereocenters. The van der Waals surface area contributed by atoms with E-state index in [1.165, 1.54) is 12.1 Å². The van der Waals surface area contributed by atoms with Crippen molar-refractivity contribution in [3.63, 3.8) is 0 Å². The minimum Gasteiger partial charge on any atom is -0.394 e. The van der Waals surface area contributed by atoms with E-state index < -0.39 is 11.0 Å². The molecule has 1 aliphatic carbocycles. The Morgan fingerprint density at radius 3 is 2.40 bits per heavy atom. The Morgan fingerprint density at radius 1 is 1.30 bits per heavy atom. The predicted octanol–water partition coefficient (Wildman–Crippen LogP) is 1.52. The molecule has 6 nitrogen and oxygen atoms in total. The van der Waals surface area contributed by atoms with Gasteiger partial charge >= 0.3 is 0 Å². The molecule has 0 saturated heterocycles. The number of rotatable bonds is 6. The zero-order valence-corrected chi connectivity index (χ0v) is 11.3. The van der Waals surface area contributed by atoms with Gasteiger partial charge in [-0.3, -0.25) is 10.1 Å². The van der Waals surface area contributed by atoms with Gasteiger partial charge in [0.1, 0.15) is 0 Å². The molecule has 1 saturated carbocycles. The van der Waals surface area contributed by atoms with Crippen LogP contribution in [-0.2, 0) is 0 Å². The maximum Gasteiger partial charge on any atom is 0.269 e. The van der Waals surface area contributed by atoms with Crippen LogP contribution in [0.4, 0.5) is 5.69 Å². The van der Waals surface area contributed by atoms with Crippen molar-refractivity contribution in [3.05, 3.63) is 39.9 Å². The molecule has 110 valence electrons. The smallest absolute Gasteiger partial charge is 0.269 e. The average molecular weight is 280 g/mol. The fraction of sp³-hybridized carbons (Fsp3) is 0.571. The van der Waals surface area contributed by atoms with Crippen LogP contribution < -0.4 is 5.32 Å². The standard InChI is InChI=1S/C14H20N2O4/c17-10-14(7-1-2-8-14)15-9-13(18)11-3-5-12(6-4-11)16(19)20/h3-6,13,15,17-18H,1-2,7-10H2. The van der Waals surface area contributed by atoms with Gasteiger partial charge in [0, 0.05) is 24.2 Å². The Kier molecular flexibility index (Phi) is 4.69. The summed E-state index contributed by atoms with van der Waals surface area (Å²) >= 11 is 0. The van der Waals surface area contributed by atoms with E-state index in [1.807, 2.05) is 0 Å². The SMILES string of the molecule is O=[N+]([O-])c1ccc(C(O)CNC2(CO)CCCC2)cc1. The average Bonchev–Trinajstić information content (AvgIpc) is 2.94. The largest absolute Gasteiger partial charge is 0.394 e. The Hall–Kier alpha value is -1.50. The quantitative estimate of drug-likeness (QED) is 0.542. The number of hydrogen-bond acceptors (Lipinski definition) is 5. The van der Waals surface area contributed by atoms with Crippen LogP contribution in [0.5, 0.6) is 0 Å². The summed E-state index contributed by atoms with van der Waals surface area (Å²) in [5.74, 6) is 0. The maximum atomic E-state index is 10.6. The molecule has 0 amide bonds. The number of nitro benzene ring substituents is 1. The van der Waals surface area contributed by atoms with E-state index in [9.17, 15) is 20.3 Å². The highest BCUT2D eigenvalue weighted by Gasteiger charge is 2.33. The van der Waals surface area contributed by atoms with Gasteiger partial charge in [0.05, 0.1) is 17.6 Å². The first-order valence-corrected chi connectivity index (χ1v) is 6.85. The summed E-state index contributed by atoms with van der Waals surface area (Å²) in [4.78, 5) is 10.1. The van der Waals surface area contributed by atoms with Crippen LogP contribution in [0.2, 0.25) is 0 Å². The number of non-ortho nitro benzene ring substituents is 1. The van der Waals surface area contributed by atoms with E-state index in [4.69, 9.17) is 0 Å². The van der Waals surface area contributed by atoms with E-state index >= 15 is 0 Å². The van der Waals surface area contributed by atoms with Gasteiger partial charge < -0.3 is 15.5 Å². The molecular formula is C14H20N2O4. The lowest BCUT2D eigenvalue weighted by Crippen LogP contribution is -2.47. The number of β-amino-alcohol motifs (C(OH)–C–C–N with tert-alkyl or cyclic N) is 1. The van der Waals surface area contributed by atoms with Crippen LogP contribution in [0, 0.1) is 10.1 Å². The van der Waals surface area contributed by atoms with Gasteiger partial charge in [-0.25, -0.2) is 0 Å². The lowest BCUT2D eigenvalue weighted by atomic mass is 9.98. The molecule has 3 N–H and O–H groups in total. The van der Waals surface area contributed by atoms with Crippen LogP contribution >= 0.6 is 0 Å². The number of hydrogen-bond donors (Lipinski definition) is 3. The van der Waals surface area contributed by atoms with Crippen molar-refractivity contribution in [1.82, 2.24) is 5.32 Å². The normalized spacial score (nSPS) is 18.9. The third kappa shape index (κ3) is 3.33. The predicted molar refractivity (Wildman–Crippen MR) is 74.3 cm³/mol. The Balaban J connectivity index is 1.94. The molecule has 0 aromatic heterocycles. The number of aliphatic hydroxyl groups is 2. The molecule has 0 spiro atoms. The minimum absolute atomic E-state index is 0.0107. The monoisotopic (exact) mass is 280 g/mol.